The van der Waals surface area contributed by atoms with Crippen LogP contribution in [-0.4, -0.2) is 22.3 Å². The lowest BCUT2D eigenvalue weighted by molar-refractivity contribution is -0.131. The fourth-order valence-electron chi connectivity index (χ4n) is 1.99. The van der Waals surface area contributed by atoms with Crippen molar-refractivity contribution in [1.82, 2.24) is 9.88 Å². The standard InChI is InChI=1S/C12H17N3O/c13-11-6-4-5-10(14-11)9-15-8-3-1-2-7-12(15)16/h4-6H,1-3,7-9H2,(H2,13,14). The molecule has 4 nitrogen and oxygen atoms in total. The number of amides is 1. The molecule has 86 valence electrons. The van der Waals surface area contributed by atoms with Gasteiger partial charge in [0.25, 0.3) is 0 Å². The maximum absolute atomic E-state index is 11.8. The zero-order valence-electron chi connectivity index (χ0n) is 9.35. The normalized spacial score (nSPS) is 17.2. The van der Waals surface area contributed by atoms with Crippen molar-refractivity contribution in [1.29, 1.82) is 0 Å². The van der Waals surface area contributed by atoms with Gasteiger partial charge in [0, 0.05) is 13.0 Å². The molecule has 2 N–H and O–H groups in total. The zero-order chi connectivity index (χ0) is 11.4. The van der Waals surface area contributed by atoms with Crippen molar-refractivity contribution < 1.29 is 4.79 Å². The lowest BCUT2D eigenvalue weighted by atomic mass is 10.2. The van der Waals surface area contributed by atoms with E-state index >= 15 is 0 Å². The summed E-state index contributed by atoms with van der Waals surface area (Å²) < 4.78 is 0. The molecule has 1 fully saturated rings. The Morgan fingerprint density at radius 2 is 2.19 bits per heavy atom. The van der Waals surface area contributed by atoms with Crippen molar-refractivity contribution in [3.05, 3.63) is 23.9 Å². The molecule has 0 aliphatic carbocycles. The van der Waals surface area contributed by atoms with E-state index in [-0.39, 0.29) is 5.91 Å². The van der Waals surface area contributed by atoms with E-state index in [4.69, 9.17) is 5.73 Å². The lowest BCUT2D eigenvalue weighted by Gasteiger charge is -2.19. The van der Waals surface area contributed by atoms with Crippen LogP contribution in [0.25, 0.3) is 0 Å². The molecule has 1 saturated heterocycles. The largest absolute Gasteiger partial charge is 0.384 e. The summed E-state index contributed by atoms with van der Waals surface area (Å²) in [6.07, 6.45) is 3.92. The summed E-state index contributed by atoms with van der Waals surface area (Å²) in [6.45, 7) is 1.43. The van der Waals surface area contributed by atoms with Crippen LogP contribution < -0.4 is 5.73 Å². The third-order valence-electron chi connectivity index (χ3n) is 2.85. The Morgan fingerprint density at radius 3 is 3.00 bits per heavy atom. The van der Waals surface area contributed by atoms with Crippen LogP contribution in [0.4, 0.5) is 5.82 Å². The highest BCUT2D eigenvalue weighted by atomic mass is 16.2. The minimum Gasteiger partial charge on any atom is -0.384 e. The van der Waals surface area contributed by atoms with E-state index in [1.165, 1.54) is 0 Å². The minimum absolute atomic E-state index is 0.238. The molecule has 0 bridgehead atoms. The van der Waals surface area contributed by atoms with Gasteiger partial charge >= 0.3 is 0 Å². The molecule has 2 rings (SSSR count). The second kappa shape index (κ2) is 4.96. The number of aromatic nitrogens is 1. The van der Waals surface area contributed by atoms with Gasteiger partial charge in [-0.25, -0.2) is 4.98 Å². The number of rotatable bonds is 2. The first-order chi connectivity index (χ1) is 7.75. The zero-order valence-corrected chi connectivity index (χ0v) is 9.35. The van der Waals surface area contributed by atoms with Crippen LogP contribution in [0, 0.1) is 0 Å². The molecule has 0 saturated carbocycles. The summed E-state index contributed by atoms with van der Waals surface area (Å²) in [5.74, 6) is 0.751. The van der Waals surface area contributed by atoms with Gasteiger partial charge in [-0.1, -0.05) is 12.5 Å². The van der Waals surface area contributed by atoms with Crippen LogP contribution in [0.15, 0.2) is 18.2 Å². The summed E-state index contributed by atoms with van der Waals surface area (Å²) in [4.78, 5) is 17.9. The van der Waals surface area contributed by atoms with Gasteiger partial charge in [-0.15, -0.1) is 0 Å². The predicted molar refractivity (Wildman–Crippen MR) is 62.5 cm³/mol. The molecule has 4 heteroatoms. The molecule has 0 spiro atoms. The number of likely N-dealkylation sites (tertiary alicyclic amines) is 1. The first-order valence-electron chi connectivity index (χ1n) is 5.75. The molecule has 0 aromatic carbocycles. The number of nitrogens with two attached hydrogens (primary N) is 1. The third-order valence-corrected chi connectivity index (χ3v) is 2.85. The predicted octanol–water partition coefficient (Wildman–Crippen LogP) is 1.57. The number of pyridine rings is 1. The van der Waals surface area contributed by atoms with E-state index in [0.717, 1.165) is 31.5 Å². The highest BCUT2D eigenvalue weighted by molar-refractivity contribution is 5.76. The molecule has 1 aliphatic heterocycles. The van der Waals surface area contributed by atoms with Gasteiger partial charge in [0.1, 0.15) is 5.82 Å². The Hall–Kier alpha value is -1.58. The molecule has 0 radical (unpaired) electrons. The number of nitrogens with zero attached hydrogens (tertiary/aromatic N) is 2. The SMILES string of the molecule is Nc1cccc(CN2CCCCCC2=O)n1. The number of anilines is 1. The summed E-state index contributed by atoms with van der Waals surface area (Å²) in [7, 11) is 0. The monoisotopic (exact) mass is 219 g/mol. The van der Waals surface area contributed by atoms with Gasteiger partial charge in [-0.2, -0.15) is 0 Å². The minimum atomic E-state index is 0.238. The highest BCUT2D eigenvalue weighted by Crippen LogP contribution is 2.14. The first kappa shape index (κ1) is 10.9. The molecule has 1 amide bonds. The van der Waals surface area contributed by atoms with Crippen molar-refractivity contribution in [2.45, 2.75) is 32.2 Å². The Labute approximate surface area is 95.5 Å². The van der Waals surface area contributed by atoms with Gasteiger partial charge in [-0.05, 0) is 25.0 Å². The van der Waals surface area contributed by atoms with Gasteiger partial charge in [0.15, 0.2) is 0 Å². The summed E-state index contributed by atoms with van der Waals surface area (Å²) in [5.41, 5.74) is 6.49. The average Bonchev–Trinajstić information content (AvgIpc) is 2.45. The van der Waals surface area contributed by atoms with E-state index < -0.39 is 0 Å². The number of carbonyl (C=O) groups excluding carboxylic acids is 1. The number of nitrogen functional groups attached to an aromatic ring is 1. The van der Waals surface area contributed by atoms with Crippen LogP contribution in [0.2, 0.25) is 0 Å². The smallest absolute Gasteiger partial charge is 0.222 e. The summed E-state index contributed by atoms with van der Waals surface area (Å²) in [6, 6.07) is 5.54. The van der Waals surface area contributed by atoms with E-state index in [0.29, 0.717) is 18.8 Å². The van der Waals surface area contributed by atoms with Gasteiger partial charge in [-0.3, -0.25) is 4.79 Å². The molecular weight excluding hydrogens is 202 g/mol. The Bertz CT molecular complexity index is 378. The van der Waals surface area contributed by atoms with Crippen LogP contribution in [0.5, 0.6) is 0 Å². The van der Waals surface area contributed by atoms with E-state index in [1.54, 1.807) is 6.07 Å². The summed E-state index contributed by atoms with van der Waals surface area (Å²) in [5, 5.41) is 0. The summed E-state index contributed by atoms with van der Waals surface area (Å²) >= 11 is 0. The Balaban J connectivity index is 2.05. The van der Waals surface area contributed by atoms with Crippen molar-refractivity contribution in [3.63, 3.8) is 0 Å². The van der Waals surface area contributed by atoms with Crippen molar-refractivity contribution in [3.8, 4) is 0 Å². The highest BCUT2D eigenvalue weighted by Gasteiger charge is 2.16. The molecule has 1 aliphatic rings. The fraction of sp³-hybridized carbons (Fsp3) is 0.500. The number of carbonyl (C=O) groups is 1. The van der Waals surface area contributed by atoms with Crippen molar-refractivity contribution >= 4 is 11.7 Å². The molecule has 0 unspecified atom stereocenters. The van der Waals surface area contributed by atoms with E-state index in [1.807, 2.05) is 17.0 Å². The molecular formula is C12H17N3O. The van der Waals surface area contributed by atoms with Crippen molar-refractivity contribution in [2.24, 2.45) is 0 Å². The van der Waals surface area contributed by atoms with Crippen LogP contribution in [0.1, 0.15) is 31.4 Å². The van der Waals surface area contributed by atoms with E-state index in [9.17, 15) is 4.79 Å². The third kappa shape index (κ3) is 2.72. The van der Waals surface area contributed by atoms with Crippen molar-refractivity contribution in [2.75, 3.05) is 12.3 Å². The maximum Gasteiger partial charge on any atom is 0.222 e. The second-order valence-electron chi connectivity index (χ2n) is 4.18. The number of hydrogen-bond donors (Lipinski definition) is 1. The molecule has 1 aromatic rings. The second-order valence-corrected chi connectivity index (χ2v) is 4.18. The topological polar surface area (TPSA) is 59.2 Å². The molecule has 16 heavy (non-hydrogen) atoms. The van der Waals surface area contributed by atoms with Crippen LogP contribution in [-0.2, 0) is 11.3 Å². The fourth-order valence-corrected chi connectivity index (χ4v) is 1.99. The van der Waals surface area contributed by atoms with Gasteiger partial charge in [0.2, 0.25) is 5.91 Å². The molecule has 2 heterocycles. The Kier molecular flexibility index (Phi) is 3.39. The molecule has 0 atom stereocenters. The number of hydrogen-bond acceptors (Lipinski definition) is 3. The van der Waals surface area contributed by atoms with Gasteiger partial charge < -0.3 is 10.6 Å². The average molecular weight is 219 g/mol. The quantitative estimate of drug-likeness (QED) is 0.821. The first-order valence-corrected chi connectivity index (χ1v) is 5.75. The molecule has 1 aromatic heterocycles. The lowest BCUT2D eigenvalue weighted by Crippen LogP contribution is -2.30. The van der Waals surface area contributed by atoms with Gasteiger partial charge in [0.05, 0.1) is 12.2 Å². The van der Waals surface area contributed by atoms with E-state index in [2.05, 4.69) is 4.98 Å². The van der Waals surface area contributed by atoms with Crippen LogP contribution >= 0.6 is 0 Å². The van der Waals surface area contributed by atoms with Crippen LogP contribution in [0.3, 0.4) is 0 Å². The Morgan fingerprint density at radius 1 is 1.31 bits per heavy atom. The maximum atomic E-state index is 11.8.